The minimum Gasteiger partial charge on any atom is -0.396 e. The molecule has 3 nitrogen and oxygen atoms in total. The Morgan fingerprint density at radius 1 is 1.36 bits per heavy atom. The average molecular weight is 198 g/mol. The molecule has 1 saturated carbocycles. The molecule has 2 unspecified atom stereocenters. The Kier molecular flexibility index (Phi) is 3.42. The fraction of sp³-hybridized carbons (Fsp3) is 1.00. The van der Waals surface area contributed by atoms with Gasteiger partial charge < -0.3 is 10.4 Å². The second-order valence-electron chi connectivity index (χ2n) is 4.78. The Balaban J connectivity index is 1.87. The first-order valence-corrected chi connectivity index (χ1v) is 5.85. The third kappa shape index (κ3) is 2.47. The molecule has 0 bridgehead atoms. The van der Waals surface area contributed by atoms with Crippen molar-refractivity contribution >= 4 is 0 Å². The number of hydrogen-bond acceptors (Lipinski definition) is 3. The summed E-state index contributed by atoms with van der Waals surface area (Å²) in [6.45, 7) is 2.77. The SMILES string of the molecule is CNC1CC(CCO)CN(C2CC2)C1. The van der Waals surface area contributed by atoms with Crippen LogP contribution in [0.3, 0.4) is 0 Å². The lowest BCUT2D eigenvalue weighted by molar-refractivity contribution is 0.118. The largest absolute Gasteiger partial charge is 0.396 e. The summed E-state index contributed by atoms with van der Waals surface area (Å²) in [7, 11) is 2.05. The van der Waals surface area contributed by atoms with Crippen LogP contribution < -0.4 is 5.32 Å². The molecule has 3 heteroatoms. The Hall–Kier alpha value is -0.120. The number of likely N-dealkylation sites (tertiary alicyclic amines) is 1. The predicted molar refractivity (Wildman–Crippen MR) is 57.3 cm³/mol. The smallest absolute Gasteiger partial charge is 0.0434 e. The van der Waals surface area contributed by atoms with Gasteiger partial charge in [-0.3, -0.25) is 4.90 Å². The number of aliphatic hydroxyl groups excluding tert-OH is 1. The maximum Gasteiger partial charge on any atom is 0.0434 e. The quantitative estimate of drug-likeness (QED) is 0.688. The van der Waals surface area contributed by atoms with E-state index in [0.717, 1.165) is 12.5 Å². The van der Waals surface area contributed by atoms with Gasteiger partial charge in [-0.05, 0) is 38.6 Å². The molecule has 1 aliphatic heterocycles. The van der Waals surface area contributed by atoms with E-state index in [2.05, 4.69) is 17.3 Å². The summed E-state index contributed by atoms with van der Waals surface area (Å²) in [5, 5.41) is 12.4. The third-order valence-electron chi connectivity index (χ3n) is 3.57. The first kappa shape index (κ1) is 10.4. The number of nitrogens with zero attached hydrogens (tertiary/aromatic N) is 1. The average Bonchev–Trinajstić information content (AvgIpc) is 3.01. The molecular formula is C11H22N2O. The molecular weight excluding hydrogens is 176 g/mol. The van der Waals surface area contributed by atoms with E-state index < -0.39 is 0 Å². The van der Waals surface area contributed by atoms with Crippen LogP contribution in [0.2, 0.25) is 0 Å². The van der Waals surface area contributed by atoms with Gasteiger partial charge in [0.05, 0.1) is 0 Å². The highest BCUT2D eigenvalue weighted by Gasteiger charge is 2.35. The minimum absolute atomic E-state index is 0.347. The van der Waals surface area contributed by atoms with Crippen molar-refractivity contribution in [2.45, 2.75) is 37.8 Å². The second-order valence-corrected chi connectivity index (χ2v) is 4.78. The summed E-state index contributed by atoms with van der Waals surface area (Å²) in [5.41, 5.74) is 0. The summed E-state index contributed by atoms with van der Waals surface area (Å²) in [4.78, 5) is 2.62. The van der Waals surface area contributed by atoms with Crippen molar-refractivity contribution in [1.82, 2.24) is 10.2 Å². The van der Waals surface area contributed by atoms with Crippen LogP contribution in [-0.2, 0) is 0 Å². The molecule has 0 aromatic rings. The molecule has 2 rings (SSSR count). The summed E-state index contributed by atoms with van der Waals surface area (Å²) >= 11 is 0. The molecule has 14 heavy (non-hydrogen) atoms. The first-order chi connectivity index (χ1) is 6.83. The van der Waals surface area contributed by atoms with Gasteiger partial charge in [0, 0.05) is 31.8 Å². The standard InChI is InChI=1S/C11H22N2O/c1-12-10-6-9(4-5-14)7-13(8-10)11-2-3-11/h9-12,14H,2-8H2,1H3. The highest BCUT2D eigenvalue weighted by atomic mass is 16.3. The number of likely N-dealkylation sites (N-methyl/N-ethyl adjacent to an activating group) is 1. The zero-order valence-corrected chi connectivity index (χ0v) is 9.08. The summed E-state index contributed by atoms with van der Waals surface area (Å²) in [5.74, 6) is 0.701. The third-order valence-corrected chi connectivity index (χ3v) is 3.57. The molecule has 2 N–H and O–H groups in total. The molecule has 0 amide bonds. The van der Waals surface area contributed by atoms with Gasteiger partial charge in [-0.25, -0.2) is 0 Å². The van der Waals surface area contributed by atoms with E-state index in [9.17, 15) is 0 Å². The van der Waals surface area contributed by atoms with Crippen molar-refractivity contribution in [3.63, 3.8) is 0 Å². The van der Waals surface area contributed by atoms with Gasteiger partial charge in [-0.1, -0.05) is 0 Å². The monoisotopic (exact) mass is 198 g/mol. The molecule has 2 aliphatic rings. The number of hydrogen-bond donors (Lipinski definition) is 2. The van der Waals surface area contributed by atoms with E-state index in [1.165, 1.54) is 32.4 Å². The number of piperidine rings is 1. The second kappa shape index (κ2) is 4.60. The Morgan fingerprint density at radius 2 is 2.14 bits per heavy atom. The number of nitrogens with one attached hydrogen (secondary N) is 1. The fourth-order valence-electron chi connectivity index (χ4n) is 2.58. The molecule has 82 valence electrons. The van der Waals surface area contributed by atoms with Crippen LogP contribution in [0.5, 0.6) is 0 Å². The fourth-order valence-corrected chi connectivity index (χ4v) is 2.58. The Morgan fingerprint density at radius 3 is 2.71 bits per heavy atom. The van der Waals surface area contributed by atoms with Gasteiger partial charge in [0.1, 0.15) is 0 Å². The Bertz CT molecular complexity index is 182. The van der Waals surface area contributed by atoms with Gasteiger partial charge in [0.15, 0.2) is 0 Å². The predicted octanol–water partition coefficient (Wildman–Crippen LogP) is 0.441. The molecule has 0 radical (unpaired) electrons. The van der Waals surface area contributed by atoms with Gasteiger partial charge in [-0.2, -0.15) is 0 Å². The Labute approximate surface area is 86.5 Å². The van der Waals surface area contributed by atoms with Crippen molar-refractivity contribution in [3.8, 4) is 0 Å². The van der Waals surface area contributed by atoms with Gasteiger partial charge in [0.2, 0.25) is 0 Å². The van der Waals surface area contributed by atoms with Crippen molar-refractivity contribution in [1.29, 1.82) is 0 Å². The van der Waals surface area contributed by atoms with Crippen LogP contribution in [0.25, 0.3) is 0 Å². The van der Waals surface area contributed by atoms with E-state index in [1.54, 1.807) is 0 Å². The van der Waals surface area contributed by atoms with Crippen LogP contribution in [-0.4, -0.2) is 48.8 Å². The van der Waals surface area contributed by atoms with Gasteiger partial charge in [-0.15, -0.1) is 0 Å². The van der Waals surface area contributed by atoms with E-state index in [4.69, 9.17) is 5.11 Å². The normalized spacial score (nSPS) is 34.7. The topological polar surface area (TPSA) is 35.5 Å². The molecule has 1 heterocycles. The lowest BCUT2D eigenvalue weighted by Crippen LogP contribution is -2.49. The van der Waals surface area contributed by atoms with E-state index in [1.807, 2.05) is 0 Å². The van der Waals surface area contributed by atoms with Crippen molar-refractivity contribution < 1.29 is 5.11 Å². The van der Waals surface area contributed by atoms with E-state index in [0.29, 0.717) is 18.6 Å². The van der Waals surface area contributed by atoms with E-state index in [-0.39, 0.29) is 0 Å². The zero-order valence-electron chi connectivity index (χ0n) is 9.08. The number of rotatable bonds is 4. The molecule has 0 aromatic heterocycles. The van der Waals surface area contributed by atoms with Crippen LogP contribution >= 0.6 is 0 Å². The maximum absolute atomic E-state index is 8.98. The molecule has 0 spiro atoms. The highest BCUT2D eigenvalue weighted by Crippen LogP contribution is 2.31. The maximum atomic E-state index is 8.98. The summed E-state index contributed by atoms with van der Waals surface area (Å²) in [6, 6.07) is 1.51. The lowest BCUT2D eigenvalue weighted by atomic mass is 9.91. The van der Waals surface area contributed by atoms with Crippen LogP contribution in [0.1, 0.15) is 25.7 Å². The van der Waals surface area contributed by atoms with Crippen molar-refractivity contribution in [3.05, 3.63) is 0 Å². The minimum atomic E-state index is 0.347. The molecule has 1 aliphatic carbocycles. The van der Waals surface area contributed by atoms with Crippen LogP contribution in [0.4, 0.5) is 0 Å². The van der Waals surface area contributed by atoms with Crippen LogP contribution in [0, 0.1) is 5.92 Å². The molecule has 0 aromatic carbocycles. The van der Waals surface area contributed by atoms with Gasteiger partial charge >= 0.3 is 0 Å². The summed E-state index contributed by atoms with van der Waals surface area (Å²) < 4.78 is 0. The van der Waals surface area contributed by atoms with Crippen LogP contribution in [0.15, 0.2) is 0 Å². The van der Waals surface area contributed by atoms with Crippen molar-refractivity contribution in [2.75, 3.05) is 26.7 Å². The molecule has 1 saturated heterocycles. The molecule has 2 fully saturated rings. The molecule has 2 atom stereocenters. The van der Waals surface area contributed by atoms with E-state index >= 15 is 0 Å². The number of aliphatic hydroxyl groups is 1. The highest BCUT2D eigenvalue weighted by molar-refractivity contribution is 4.91. The lowest BCUT2D eigenvalue weighted by Gasteiger charge is -2.37. The van der Waals surface area contributed by atoms with Crippen molar-refractivity contribution in [2.24, 2.45) is 5.92 Å². The van der Waals surface area contributed by atoms with Gasteiger partial charge in [0.25, 0.3) is 0 Å². The first-order valence-electron chi connectivity index (χ1n) is 5.85. The zero-order chi connectivity index (χ0) is 9.97. The summed E-state index contributed by atoms with van der Waals surface area (Å²) in [6.07, 6.45) is 4.99.